The molecule has 0 saturated heterocycles. The van der Waals surface area contributed by atoms with Crippen LogP contribution in [0.5, 0.6) is 0 Å². The quantitative estimate of drug-likeness (QED) is 0.268. The zero-order chi connectivity index (χ0) is 13.2. The molecule has 0 aliphatic heterocycles. The number of isothiocyanates is 1. The van der Waals surface area contributed by atoms with E-state index in [-0.39, 0.29) is 5.70 Å². The summed E-state index contributed by atoms with van der Waals surface area (Å²) in [5.41, 5.74) is 1.17. The largest absolute Gasteiger partial charge is 0.461 e. The third-order valence-corrected chi connectivity index (χ3v) is 2.08. The van der Waals surface area contributed by atoms with Crippen LogP contribution in [0.4, 0.5) is 0 Å². The topological polar surface area (TPSA) is 38.7 Å². The molecule has 0 aliphatic carbocycles. The molecule has 0 aromatic heterocycles. The number of ether oxygens (including phenoxy) is 1. The first-order valence-electron chi connectivity index (χ1n) is 5.46. The van der Waals surface area contributed by atoms with Crippen LogP contribution in [0.3, 0.4) is 0 Å². The predicted molar refractivity (Wildman–Crippen MR) is 75.2 cm³/mol. The number of allylic oxidation sites excluding steroid dienone is 2. The van der Waals surface area contributed by atoms with Crippen molar-refractivity contribution in [2.24, 2.45) is 4.99 Å². The van der Waals surface area contributed by atoms with Crippen LogP contribution in [0.2, 0.25) is 0 Å². The van der Waals surface area contributed by atoms with Crippen LogP contribution >= 0.6 is 12.2 Å². The minimum Gasteiger partial charge on any atom is -0.461 e. The van der Waals surface area contributed by atoms with Crippen LogP contribution in [-0.4, -0.2) is 17.7 Å². The number of carbonyl (C=O) groups is 1. The average molecular weight is 259 g/mol. The van der Waals surface area contributed by atoms with Gasteiger partial charge in [0.2, 0.25) is 0 Å². The maximum Gasteiger partial charge on any atom is 0.357 e. The standard InChI is InChI=1S/C14H13NO2S/c1-2-17-14(16)13(15-11-18)10-6-9-12-7-4-3-5-8-12/h3-10H,2H2,1H3. The van der Waals surface area contributed by atoms with Gasteiger partial charge in [0.1, 0.15) is 0 Å². The summed E-state index contributed by atoms with van der Waals surface area (Å²) >= 11 is 4.49. The van der Waals surface area contributed by atoms with Crippen LogP contribution in [-0.2, 0) is 9.53 Å². The van der Waals surface area contributed by atoms with E-state index in [0.717, 1.165) is 5.56 Å². The minimum atomic E-state index is -0.507. The lowest BCUT2D eigenvalue weighted by Gasteiger charge is -1.98. The Labute approximate surface area is 112 Å². The fourth-order valence-electron chi connectivity index (χ4n) is 1.22. The third-order valence-electron chi connectivity index (χ3n) is 1.99. The maximum atomic E-state index is 11.5. The molecular weight excluding hydrogens is 246 g/mol. The molecule has 0 bridgehead atoms. The molecule has 3 nitrogen and oxygen atoms in total. The van der Waals surface area contributed by atoms with E-state index in [1.54, 1.807) is 19.1 Å². The molecule has 1 rings (SSSR count). The van der Waals surface area contributed by atoms with E-state index < -0.39 is 5.97 Å². The summed E-state index contributed by atoms with van der Waals surface area (Å²) in [6, 6.07) is 9.72. The summed E-state index contributed by atoms with van der Waals surface area (Å²) in [5.74, 6) is -0.507. The fourth-order valence-corrected chi connectivity index (χ4v) is 1.32. The van der Waals surface area contributed by atoms with Crippen LogP contribution in [0, 0.1) is 0 Å². The van der Waals surface area contributed by atoms with Gasteiger partial charge in [0.25, 0.3) is 0 Å². The number of rotatable bonds is 5. The van der Waals surface area contributed by atoms with Crippen LogP contribution in [0.1, 0.15) is 12.5 Å². The maximum absolute atomic E-state index is 11.5. The molecule has 0 heterocycles. The summed E-state index contributed by atoms with van der Waals surface area (Å²) in [6.07, 6.45) is 5.13. The molecule has 0 aliphatic rings. The molecule has 0 radical (unpaired) electrons. The monoisotopic (exact) mass is 259 g/mol. The second-order valence-corrected chi connectivity index (χ2v) is 3.43. The number of hydrogen-bond donors (Lipinski definition) is 0. The number of benzene rings is 1. The molecule has 0 unspecified atom stereocenters. The fraction of sp³-hybridized carbons (Fsp3) is 0.143. The van der Waals surface area contributed by atoms with Crippen molar-refractivity contribution in [3.05, 3.63) is 53.7 Å². The third kappa shape index (κ3) is 4.87. The highest BCUT2D eigenvalue weighted by Crippen LogP contribution is 2.04. The van der Waals surface area contributed by atoms with Crippen molar-refractivity contribution < 1.29 is 9.53 Å². The molecule has 0 saturated carbocycles. The van der Waals surface area contributed by atoms with Gasteiger partial charge in [0.05, 0.1) is 11.8 Å². The molecule has 92 valence electrons. The van der Waals surface area contributed by atoms with E-state index in [0.29, 0.717) is 6.61 Å². The Morgan fingerprint density at radius 3 is 2.78 bits per heavy atom. The molecule has 0 fully saturated rings. The van der Waals surface area contributed by atoms with Crippen molar-refractivity contribution in [3.8, 4) is 0 Å². The van der Waals surface area contributed by atoms with E-state index in [9.17, 15) is 4.79 Å². The molecule has 18 heavy (non-hydrogen) atoms. The first-order valence-corrected chi connectivity index (χ1v) is 5.87. The number of thiocarbonyl (C=S) groups is 1. The zero-order valence-corrected chi connectivity index (χ0v) is 10.8. The summed E-state index contributed by atoms with van der Waals surface area (Å²) in [6.45, 7) is 2.03. The van der Waals surface area contributed by atoms with Crippen LogP contribution in [0.25, 0.3) is 6.08 Å². The first-order chi connectivity index (χ1) is 8.77. The van der Waals surface area contributed by atoms with Gasteiger partial charge in [-0.05, 0) is 30.8 Å². The van der Waals surface area contributed by atoms with E-state index in [1.807, 2.05) is 36.4 Å². The van der Waals surface area contributed by atoms with Gasteiger partial charge in [0, 0.05) is 0 Å². The summed E-state index contributed by atoms with van der Waals surface area (Å²) in [7, 11) is 0. The summed E-state index contributed by atoms with van der Waals surface area (Å²) in [4.78, 5) is 15.1. The lowest BCUT2D eigenvalue weighted by molar-refractivity contribution is -0.138. The molecule has 0 atom stereocenters. The van der Waals surface area contributed by atoms with Gasteiger partial charge in [-0.3, -0.25) is 0 Å². The Hall–Kier alpha value is -2.03. The normalized spacial score (nSPS) is 11.1. The first kappa shape index (κ1) is 14.0. The zero-order valence-electron chi connectivity index (χ0n) is 10.00. The summed E-state index contributed by atoms with van der Waals surface area (Å²) in [5, 5.41) is 2.16. The van der Waals surface area contributed by atoms with Gasteiger partial charge >= 0.3 is 5.97 Å². The van der Waals surface area contributed by atoms with E-state index in [4.69, 9.17) is 4.74 Å². The molecule has 4 heteroatoms. The lowest BCUT2D eigenvalue weighted by atomic mass is 10.2. The van der Waals surface area contributed by atoms with Crippen LogP contribution < -0.4 is 0 Å². The van der Waals surface area contributed by atoms with Gasteiger partial charge < -0.3 is 4.74 Å². The molecule has 0 amide bonds. The highest BCUT2D eigenvalue weighted by Gasteiger charge is 2.06. The molecule has 0 N–H and O–H groups in total. The lowest BCUT2D eigenvalue weighted by Crippen LogP contribution is -2.05. The highest BCUT2D eigenvalue weighted by molar-refractivity contribution is 7.78. The van der Waals surface area contributed by atoms with Crippen molar-refractivity contribution in [1.82, 2.24) is 0 Å². The predicted octanol–water partition coefficient (Wildman–Crippen LogP) is 3.25. The van der Waals surface area contributed by atoms with Gasteiger partial charge in [-0.1, -0.05) is 42.5 Å². The number of carbonyl (C=O) groups excluding carboxylic acids is 1. The van der Waals surface area contributed by atoms with E-state index in [1.165, 1.54) is 0 Å². The average Bonchev–Trinajstić information content (AvgIpc) is 2.39. The Morgan fingerprint density at radius 1 is 1.44 bits per heavy atom. The van der Waals surface area contributed by atoms with Gasteiger partial charge in [-0.15, -0.1) is 0 Å². The van der Waals surface area contributed by atoms with E-state index >= 15 is 0 Å². The van der Waals surface area contributed by atoms with Crippen LogP contribution in [0.15, 0.2) is 53.2 Å². The summed E-state index contributed by atoms with van der Waals surface area (Å²) < 4.78 is 4.84. The van der Waals surface area contributed by atoms with Crippen molar-refractivity contribution >= 4 is 29.4 Å². The Morgan fingerprint density at radius 2 is 2.17 bits per heavy atom. The highest BCUT2D eigenvalue weighted by atomic mass is 32.1. The van der Waals surface area contributed by atoms with Gasteiger partial charge in [0.15, 0.2) is 5.70 Å². The van der Waals surface area contributed by atoms with Crippen molar-refractivity contribution in [2.45, 2.75) is 6.92 Å². The number of esters is 1. The number of nitrogens with zero attached hydrogens (tertiary/aromatic N) is 1. The molecule has 1 aromatic rings. The Bertz CT molecular complexity index is 500. The molecular formula is C14H13NO2S. The smallest absolute Gasteiger partial charge is 0.357 e. The Balaban J connectivity index is 2.81. The Kier molecular flexibility index (Phi) is 6.33. The van der Waals surface area contributed by atoms with Crippen molar-refractivity contribution in [1.29, 1.82) is 0 Å². The van der Waals surface area contributed by atoms with Gasteiger partial charge in [-0.2, -0.15) is 4.99 Å². The SMILES string of the molecule is CCOC(=O)C(=CC=Cc1ccccc1)N=C=S. The minimum absolute atomic E-state index is 0.138. The van der Waals surface area contributed by atoms with Crippen molar-refractivity contribution in [2.75, 3.05) is 6.61 Å². The van der Waals surface area contributed by atoms with E-state index in [2.05, 4.69) is 22.4 Å². The number of aliphatic imine (C=N–C) groups is 1. The number of hydrogen-bond acceptors (Lipinski definition) is 4. The van der Waals surface area contributed by atoms with Crippen molar-refractivity contribution in [3.63, 3.8) is 0 Å². The second-order valence-electron chi connectivity index (χ2n) is 3.25. The molecule has 0 spiro atoms. The second kappa shape index (κ2) is 8.12. The van der Waals surface area contributed by atoms with Gasteiger partial charge in [-0.25, -0.2) is 4.79 Å². The molecule has 1 aromatic carbocycles.